The van der Waals surface area contributed by atoms with Crippen molar-refractivity contribution in [2.75, 3.05) is 0 Å². The number of rotatable bonds is 6. The summed E-state index contributed by atoms with van der Waals surface area (Å²) >= 11 is 0. The van der Waals surface area contributed by atoms with Gasteiger partial charge in [-0.2, -0.15) is 0 Å². The van der Waals surface area contributed by atoms with E-state index in [0.717, 1.165) is 13.1 Å². The van der Waals surface area contributed by atoms with Crippen molar-refractivity contribution in [3.05, 3.63) is 91.0 Å². The van der Waals surface area contributed by atoms with Gasteiger partial charge in [-0.1, -0.05) is 66.7 Å². The van der Waals surface area contributed by atoms with Gasteiger partial charge in [-0.05, 0) is 11.1 Å². The SMILES string of the molecule is C=C[CH]N(Cc1ccccc1)Cc1ccccc1.[LiH]. The summed E-state index contributed by atoms with van der Waals surface area (Å²) in [6.45, 7) is 7.64. The molecule has 0 spiro atoms. The summed E-state index contributed by atoms with van der Waals surface area (Å²) in [7, 11) is 0. The molecule has 0 aliphatic rings. The van der Waals surface area contributed by atoms with E-state index in [4.69, 9.17) is 0 Å². The second kappa shape index (κ2) is 8.77. The van der Waals surface area contributed by atoms with E-state index in [1.807, 2.05) is 24.8 Å². The number of nitrogens with zero attached hydrogens (tertiary/aromatic N) is 1. The molecule has 0 amide bonds. The van der Waals surface area contributed by atoms with Crippen LogP contribution in [0.2, 0.25) is 0 Å². The Morgan fingerprint density at radius 3 is 1.58 bits per heavy atom. The van der Waals surface area contributed by atoms with Gasteiger partial charge in [0.25, 0.3) is 0 Å². The van der Waals surface area contributed by atoms with Crippen LogP contribution in [-0.2, 0) is 13.1 Å². The molecule has 0 saturated carbocycles. The molecule has 2 aromatic carbocycles. The molecule has 0 saturated heterocycles. The van der Waals surface area contributed by atoms with Gasteiger partial charge in [0.05, 0.1) is 0 Å². The quantitative estimate of drug-likeness (QED) is 0.704. The number of hydrogen-bond donors (Lipinski definition) is 0. The van der Waals surface area contributed by atoms with E-state index in [0.29, 0.717) is 0 Å². The molecule has 0 bridgehead atoms. The average molecular weight is 244 g/mol. The van der Waals surface area contributed by atoms with E-state index in [-0.39, 0.29) is 18.9 Å². The van der Waals surface area contributed by atoms with Crippen LogP contribution in [0.4, 0.5) is 0 Å². The monoisotopic (exact) mass is 244 g/mol. The summed E-state index contributed by atoms with van der Waals surface area (Å²) in [4.78, 5) is 2.26. The molecule has 2 aromatic rings. The Bertz CT molecular complexity index is 426. The molecule has 93 valence electrons. The Hall–Kier alpha value is -1.26. The van der Waals surface area contributed by atoms with Crippen molar-refractivity contribution in [1.82, 2.24) is 4.90 Å². The fourth-order valence-corrected chi connectivity index (χ4v) is 1.95. The molecule has 0 atom stereocenters. The van der Waals surface area contributed by atoms with Crippen LogP contribution in [0.5, 0.6) is 0 Å². The van der Waals surface area contributed by atoms with Gasteiger partial charge < -0.3 is 0 Å². The fourth-order valence-electron chi connectivity index (χ4n) is 1.95. The average Bonchev–Trinajstić information content (AvgIpc) is 2.41. The minimum absolute atomic E-state index is 0. The topological polar surface area (TPSA) is 3.24 Å². The molecule has 0 aliphatic carbocycles. The third-order valence-electron chi connectivity index (χ3n) is 2.77. The standard InChI is InChI=1S/C17H18N.Li.H/c1-2-13-18(14-16-9-5-3-6-10-16)15-17-11-7-4-8-12-17;;/h2-13H,1,14-15H2;;. The zero-order valence-electron chi connectivity index (χ0n) is 10.5. The van der Waals surface area contributed by atoms with Gasteiger partial charge in [-0.15, -0.1) is 6.58 Å². The van der Waals surface area contributed by atoms with Gasteiger partial charge in [-0.3, -0.25) is 4.90 Å². The molecule has 0 fully saturated rings. The Morgan fingerprint density at radius 2 is 1.21 bits per heavy atom. The normalized spacial score (nSPS) is 9.95. The second-order valence-corrected chi connectivity index (χ2v) is 4.26. The van der Waals surface area contributed by atoms with E-state index in [1.54, 1.807) is 0 Å². The van der Waals surface area contributed by atoms with Crippen LogP contribution >= 0.6 is 0 Å². The van der Waals surface area contributed by atoms with E-state index in [9.17, 15) is 0 Å². The fraction of sp³-hybridized carbons (Fsp3) is 0.118. The first kappa shape index (κ1) is 15.8. The minimum atomic E-state index is 0. The van der Waals surface area contributed by atoms with Crippen LogP contribution in [0.25, 0.3) is 0 Å². The molecular formula is C17H19LiN. The maximum absolute atomic E-state index is 3.79. The van der Waals surface area contributed by atoms with E-state index < -0.39 is 0 Å². The van der Waals surface area contributed by atoms with E-state index >= 15 is 0 Å². The van der Waals surface area contributed by atoms with Gasteiger partial charge in [0.2, 0.25) is 0 Å². The van der Waals surface area contributed by atoms with Gasteiger partial charge in [0.1, 0.15) is 0 Å². The van der Waals surface area contributed by atoms with E-state index in [2.05, 4.69) is 60.0 Å². The first-order valence-corrected chi connectivity index (χ1v) is 6.16. The van der Waals surface area contributed by atoms with Crippen molar-refractivity contribution in [3.63, 3.8) is 0 Å². The van der Waals surface area contributed by atoms with Crippen LogP contribution in [0.3, 0.4) is 0 Å². The van der Waals surface area contributed by atoms with Gasteiger partial charge in [-0.25, -0.2) is 0 Å². The summed E-state index contributed by atoms with van der Waals surface area (Å²) < 4.78 is 0. The molecule has 0 aliphatic heterocycles. The predicted molar refractivity (Wildman–Crippen MR) is 83.8 cm³/mol. The Morgan fingerprint density at radius 1 is 0.789 bits per heavy atom. The summed E-state index contributed by atoms with van der Waals surface area (Å²) in [5.74, 6) is 0. The summed E-state index contributed by atoms with van der Waals surface area (Å²) in [6.07, 6.45) is 1.84. The van der Waals surface area contributed by atoms with Crippen molar-refractivity contribution in [2.24, 2.45) is 0 Å². The van der Waals surface area contributed by atoms with Crippen molar-refractivity contribution in [1.29, 1.82) is 0 Å². The molecule has 0 heterocycles. The molecule has 1 nitrogen and oxygen atoms in total. The Balaban J connectivity index is 0.00000180. The molecule has 1 radical (unpaired) electrons. The van der Waals surface area contributed by atoms with Crippen LogP contribution < -0.4 is 0 Å². The molecule has 0 N–H and O–H groups in total. The molecule has 2 rings (SSSR count). The predicted octanol–water partition coefficient (Wildman–Crippen LogP) is 3.39. The Labute approximate surface area is 128 Å². The summed E-state index contributed by atoms with van der Waals surface area (Å²) in [5, 5.41) is 0. The number of benzene rings is 2. The zero-order chi connectivity index (χ0) is 12.6. The first-order chi connectivity index (χ1) is 8.88. The van der Waals surface area contributed by atoms with Crippen molar-refractivity contribution in [3.8, 4) is 0 Å². The van der Waals surface area contributed by atoms with Gasteiger partial charge in [0, 0.05) is 19.6 Å². The summed E-state index contributed by atoms with van der Waals surface area (Å²) in [6, 6.07) is 21.0. The molecular weight excluding hydrogens is 225 g/mol. The molecule has 19 heavy (non-hydrogen) atoms. The van der Waals surface area contributed by atoms with Crippen molar-refractivity contribution < 1.29 is 0 Å². The second-order valence-electron chi connectivity index (χ2n) is 4.26. The maximum atomic E-state index is 3.79. The molecule has 0 aromatic heterocycles. The van der Waals surface area contributed by atoms with E-state index in [1.165, 1.54) is 11.1 Å². The number of hydrogen-bond acceptors (Lipinski definition) is 1. The Kier molecular flexibility index (Phi) is 7.29. The third-order valence-corrected chi connectivity index (χ3v) is 2.77. The van der Waals surface area contributed by atoms with Crippen LogP contribution in [0.1, 0.15) is 11.1 Å². The van der Waals surface area contributed by atoms with Crippen LogP contribution in [0, 0.1) is 6.54 Å². The van der Waals surface area contributed by atoms with Gasteiger partial charge in [0.15, 0.2) is 0 Å². The summed E-state index contributed by atoms with van der Waals surface area (Å²) in [5.41, 5.74) is 2.62. The van der Waals surface area contributed by atoms with Crippen LogP contribution in [-0.4, -0.2) is 23.8 Å². The zero-order valence-corrected chi connectivity index (χ0v) is 10.5. The van der Waals surface area contributed by atoms with Crippen LogP contribution in [0.15, 0.2) is 73.3 Å². The van der Waals surface area contributed by atoms with Crippen molar-refractivity contribution in [2.45, 2.75) is 13.1 Å². The third kappa shape index (κ3) is 5.49. The molecule has 0 unspecified atom stereocenters. The van der Waals surface area contributed by atoms with Gasteiger partial charge >= 0.3 is 18.9 Å². The molecule has 2 heteroatoms. The van der Waals surface area contributed by atoms with Crippen molar-refractivity contribution >= 4 is 18.9 Å². The first-order valence-electron chi connectivity index (χ1n) is 6.16.